The molecule has 1 unspecified atom stereocenters. The van der Waals surface area contributed by atoms with Gasteiger partial charge in [-0.15, -0.1) is 0 Å². The molecule has 0 radical (unpaired) electrons. The molecule has 0 aromatic heterocycles. The van der Waals surface area contributed by atoms with E-state index < -0.39 is 0 Å². The number of hydrogen-bond acceptors (Lipinski definition) is 2. The fourth-order valence-corrected chi connectivity index (χ4v) is 3.46. The fraction of sp³-hybridized carbons (Fsp3) is 0.588. The van der Waals surface area contributed by atoms with Crippen LogP contribution >= 0.6 is 12.2 Å². The smallest absolute Gasteiger partial charge is 0.106 e. The molecule has 1 aliphatic heterocycles. The lowest BCUT2D eigenvalue weighted by atomic mass is 9.71. The van der Waals surface area contributed by atoms with Gasteiger partial charge in [-0.2, -0.15) is 0 Å². The van der Waals surface area contributed by atoms with E-state index in [2.05, 4.69) is 55.3 Å². The average Bonchev–Trinajstić information content (AvgIpc) is 2.51. The van der Waals surface area contributed by atoms with Crippen molar-refractivity contribution in [3.63, 3.8) is 0 Å². The lowest BCUT2D eigenvalue weighted by Gasteiger charge is -2.40. The highest BCUT2D eigenvalue weighted by molar-refractivity contribution is 7.80. The molecule has 0 aliphatic carbocycles. The minimum absolute atomic E-state index is 0.224. The molecule has 1 aromatic carbocycles. The standard InChI is InChI=1S/C17H26N2S/c1-4-17(11-12-19(5-2)6-3)13-18-16(20)14-9-7-8-10-15(14)17/h7-10H,4-6,11-13H2,1-3H3,(H,18,20). The lowest BCUT2D eigenvalue weighted by molar-refractivity contribution is 0.249. The average molecular weight is 290 g/mol. The number of benzene rings is 1. The van der Waals surface area contributed by atoms with Crippen LogP contribution in [0.1, 0.15) is 44.7 Å². The SMILES string of the molecule is CCN(CC)CCC1(CC)CNC(=S)c2ccccc21. The van der Waals surface area contributed by atoms with Crippen LogP contribution in [0.5, 0.6) is 0 Å². The zero-order valence-electron chi connectivity index (χ0n) is 12.9. The Bertz CT molecular complexity index is 468. The van der Waals surface area contributed by atoms with Crippen LogP contribution in [0, 0.1) is 0 Å². The molecule has 1 N–H and O–H groups in total. The predicted molar refractivity (Wildman–Crippen MR) is 90.5 cm³/mol. The Morgan fingerprint density at radius 2 is 1.90 bits per heavy atom. The van der Waals surface area contributed by atoms with E-state index in [1.807, 2.05) is 0 Å². The van der Waals surface area contributed by atoms with Crippen LogP contribution in [0.4, 0.5) is 0 Å². The number of fused-ring (bicyclic) bond motifs is 1. The summed E-state index contributed by atoms with van der Waals surface area (Å²) in [5, 5.41) is 3.45. The molecule has 0 saturated carbocycles. The van der Waals surface area contributed by atoms with Crippen LogP contribution in [-0.4, -0.2) is 36.1 Å². The van der Waals surface area contributed by atoms with Gasteiger partial charge >= 0.3 is 0 Å². The second-order valence-corrected chi connectivity index (χ2v) is 6.05. The Morgan fingerprint density at radius 1 is 1.20 bits per heavy atom. The molecule has 0 saturated heterocycles. The van der Waals surface area contributed by atoms with Crippen molar-refractivity contribution in [1.82, 2.24) is 10.2 Å². The first-order valence-corrected chi connectivity index (χ1v) is 8.17. The van der Waals surface area contributed by atoms with E-state index in [1.165, 1.54) is 17.5 Å². The van der Waals surface area contributed by atoms with Gasteiger partial charge in [-0.25, -0.2) is 0 Å². The van der Waals surface area contributed by atoms with E-state index in [0.29, 0.717) is 0 Å². The largest absolute Gasteiger partial charge is 0.375 e. The fourth-order valence-electron chi connectivity index (χ4n) is 3.21. The molecule has 0 spiro atoms. The summed E-state index contributed by atoms with van der Waals surface area (Å²) in [6.45, 7) is 11.2. The second kappa shape index (κ2) is 6.68. The first-order chi connectivity index (χ1) is 9.66. The van der Waals surface area contributed by atoms with E-state index in [0.717, 1.165) is 37.6 Å². The zero-order valence-corrected chi connectivity index (χ0v) is 13.7. The van der Waals surface area contributed by atoms with Crippen molar-refractivity contribution in [3.8, 4) is 0 Å². The molecule has 110 valence electrons. The van der Waals surface area contributed by atoms with Gasteiger partial charge in [0, 0.05) is 17.5 Å². The maximum absolute atomic E-state index is 5.47. The number of nitrogens with zero attached hydrogens (tertiary/aromatic N) is 1. The second-order valence-electron chi connectivity index (χ2n) is 5.64. The molecule has 1 atom stereocenters. The molecule has 1 aliphatic rings. The molecule has 3 heteroatoms. The van der Waals surface area contributed by atoms with Crippen molar-refractivity contribution in [2.45, 2.75) is 39.0 Å². The Kier molecular flexibility index (Phi) is 5.17. The first-order valence-electron chi connectivity index (χ1n) is 7.77. The summed E-state index contributed by atoms with van der Waals surface area (Å²) in [6.07, 6.45) is 2.35. The molecular weight excluding hydrogens is 264 g/mol. The van der Waals surface area contributed by atoms with Crippen molar-refractivity contribution in [2.24, 2.45) is 0 Å². The summed E-state index contributed by atoms with van der Waals surface area (Å²) < 4.78 is 0. The van der Waals surface area contributed by atoms with Gasteiger partial charge in [0.15, 0.2) is 0 Å². The van der Waals surface area contributed by atoms with Gasteiger partial charge in [0.05, 0.1) is 0 Å². The Morgan fingerprint density at radius 3 is 2.55 bits per heavy atom. The monoisotopic (exact) mass is 290 g/mol. The molecule has 1 aromatic rings. The van der Waals surface area contributed by atoms with Gasteiger partial charge in [-0.05, 0) is 38.0 Å². The van der Waals surface area contributed by atoms with Crippen LogP contribution in [0.2, 0.25) is 0 Å². The number of hydrogen-bond donors (Lipinski definition) is 1. The third kappa shape index (κ3) is 2.89. The van der Waals surface area contributed by atoms with Crippen molar-refractivity contribution in [2.75, 3.05) is 26.2 Å². The molecule has 0 fully saturated rings. The third-order valence-electron chi connectivity index (χ3n) is 4.81. The molecule has 0 bridgehead atoms. The maximum atomic E-state index is 5.47. The Labute approximate surface area is 128 Å². The van der Waals surface area contributed by atoms with Crippen LogP contribution < -0.4 is 5.32 Å². The quantitative estimate of drug-likeness (QED) is 0.809. The molecule has 1 heterocycles. The Hall–Kier alpha value is -0.930. The highest BCUT2D eigenvalue weighted by Crippen LogP contribution is 2.36. The van der Waals surface area contributed by atoms with Crippen molar-refractivity contribution in [1.29, 1.82) is 0 Å². The predicted octanol–water partition coefficient (Wildman–Crippen LogP) is 3.35. The minimum atomic E-state index is 0.224. The van der Waals surface area contributed by atoms with Crippen molar-refractivity contribution >= 4 is 17.2 Å². The Balaban J connectivity index is 2.27. The van der Waals surface area contributed by atoms with Crippen LogP contribution in [0.25, 0.3) is 0 Å². The van der Waals surface area contributed by atoms with Crippen LogP contribution in [0.3, 0.4) is 0 Å². The van der Waals surface area contributed by atoms with Gasteiger partial charge in [-0.1, -0.05) is 57.3 Å². The van der Waals surface area contributed by atoms with Gasteiger partial charge in [0.1, 0.15) is 4.99 Å². The van der Waals surface area contributed by atoms with Crippen molar-refractivity contribution < 1.29 is 0 Å². The zero-order chi connectivity index (χ0) is 14.6. The summed E-state index contributed by atoms with van der Waals surface area (Å²) in [5.41, 5.74) is 2.90. The number of nitrogens with one attached hydrogen (secondary N) is 1. The molecule has 20 heavy (non-hydrogen) atoms. The van der Waals surface area contributed by atoms with E-state index in [1.54, 1.807) is 0 Å². The highest BCUT2D eigenvalue weighted by atomic mass is 32.1. The number of rotatable bonds is 6. The van der Waals surface area contributed by atoms with Crippen LogP contribution in [-0.2, 0) is 5.41 Å². The summed E-state index contributed by atoms with van der Waals surface area (Å²) in [5.74, 6) is 0. The van der Waals surface area contributed by atoms with E-state index in [9.17, 15) is 0 Å². The van der Waals surface area contributed by atoms with Gasteiger partial charge in [0.2, 0.25) is 0 Å². The summed E-state index contributed by atoms with van der Waals surface area (Å²) in [7, 11) is 0. The van der Waals surface area contributed by atoms with E-state index in [4.69, 9.17) is 12.2 Å². The van der Waals surface area contributed by atoms with Gasteiger partial charge < -0.3 is 10.2 Å². The third-order valence-corrected chi connectivity index (χ3v) is 5.17. The summed E-state index contributed by atoms with van der Waals surface area (Å²) >= 11 is 5.47. The maximum Gasteiger partial charge on any atom is 0.106 e. The molecule has 0 amide bonds. The molecule has 2 nitrogen and oxygen atoms in total. The van der Waals surface area contributed by atoms with Crippen LogP contribution in [0.15, 0.2) is 24.3 Å². The highest BCUT2D eigenvalue weighted by Gasteiger charge is 2.36. The van der Waals surface area contributed by atoms with Crippen molar-refractivity contribution in [3.05, 3.63) is 35.4 Å². The van der Waals surface area contributed by atoms with E-state index in [-0.39, 0.29) is 5.41 Å². The topological polar surface area (TPSA) is 15.3 Å². The molecule has 2 rings (SSSR count). The minimum Gasteiger partial charge on any atom is -0.375 e. The molecular formula is C17H26N2S. The van der Waals surface area contributed by atoms with Gasteiger partial charge in [0.25, 0.3) is 0 Å². The number of thiocarbonyl (C=S) groups is 1. The normalized spacial score (nSPS) is 21.7. The summed E-state index contributed by atoms with van der Waals surface area (Å²) in [4.78, 5) is 3.42. The van der Waals surface area contributed by atoms with Gasteiger partial charge in [-0.3, -0.25) is 0 Å². The summed E-state index contributed by atoms with van der Waals surface area (Å²) in [6, 6.07) is 8.66. The lowest BCUT2D eigenvalue weighted by Crippen LogP contribution is -2.47. The van der Waals surface area contributed by atoms with E-state index >= 15 is 0 Å². The first kappa shape index (κ1) is 15.5.